The smallest absolute Gasteiger partial charge is 0.245 e. The van der Waals surface area contributed by atoms with E-state index in [1.807, 2.05) is 0 Å². The summed E-state index contributed by atoms with van der Waals surface area (Å²) >= 11 is 0. The third-order valence-corrected chi connectivity index (χ3v) is 2.23. The Kier molecular flexibility index (Phi) is 12.7. The number of rotatable bonds is 13. The molecule has 0 saturated carbocycles. The summed E-state index contributed by atoms with van der Waals surface area (Å²) in [5.74, 6) is 0.501. The first-order valence-corrected chi connectivity index (χ1v) is 6.67. The lowest BCUT2D eigenvalue weighted by molar-refractivity contribution is -0.125. The Morgan fingerprint density at radius 3 is 2.45 bits per heavy atom. The molecule has 0 unspecified atom stereocenters. The van der Waals surface area contributed by atoms with E-state index in [2.05, 4.69) is 18.5 Å². The van der Waals surface area contributed by atoms with Crippen LogP contribution in [0.25, 0.3) is 0 Å². The third-order valence-electron chi connectivity index (χ3n) is 2.23. The van der Waals surface area contributed by atoms with E-state index in [4.69, 9.17) is 14.2 Å². The van der Waals surface area contributed by atoms with E-state index in [9.17, 15) is 4.79 Å². The molecule has 0 aliphatic heterocycles. The monoisotopic (exact) mass is 283 g/mol. The summed E-state index contributed by atoms with van der Waals surface area (Å²) in [5.41, 5.74) is 0. The molecule has 0 aromatic heterocycles. The third kappa shape index (κ3) is 12.9. The van der Waals surface area contributed by atoms with Crippen molar-refractivity contribution in [1.82, 2.24) is 5.32 Å². The lowest BCUT2D eigenvalue weighted by atomic mass is 10.4. The predicted molar refractivity (Wildman–Crippen MR) is 79.4 cm³/mol. The van der Waals surface area contributed by atoms with Gasteiger partial charge in [0.2, 0.25) is 5.91 Å². The standard InChI is InChI=1S/C15H25NO4/c1-4-5-8-14(2)20-12-7-10-18-9-6-11-19-13-15(17)16-3/h4-5,8H,1-2,6-7,9-13H2,3H3,(H,16,17)/b8-5-. The van der Waals surface area contributed by atoms with Crippen LogP contribution < -0.4 is 5.32 Å². The van der Waals surface area contributed by atoms with Crippen LogP contribution in [0, 0.1) is 0 Å². The van der Waals surface area contributed by atoms with Gasteiger partial charge in [0.1, 0.15) is 12.4 Å². The summed E-state index contributed by atoms with van der Waals surface area (Å²) < 4.78 is 15.9. The Morgan fingerprint density at radius 1 is 1.15 bits per heavy atom. The second-order valence-corrected chi connectivity index (χ2v) is 3.95. The zero-order valence-electron chi connectivity index (χ0n) is 12.2. The maximum atomic E-state index is 10.8. The Hall–Kier alpha value is -1.59. The second kappa shape index (κ2) is 13.8. The molecule has 0 aliphatic rings. The average molecular weight is 283 g/mol. The number of hydrogen-bond acceptors (Lipinski definition) is 4. The molecule has 0 rings (SSSR count). The lowest BCUT2D eigenvalue weighted by Crippen LogP contribution is -2.23. The molecule has 0 aliphatic carbocycles. The summed E-state index contributed by atoms with van der Waals surface area (Å²) in [5, 5.41) is 2.49. The molecular weight excluding hydrogens is 258 g/mol. The van der Waals surface area contributed by atoms with Crippen LogP contribution in [-0.2, 0) is 19.0 Å². The number of hydrogen-bond donors (Lipinski definition) is 1. The van der Waals surface area contributed by atoms with Gasteiger partial charge in [0.25, 0.3) is 0 Å². The number of ether oxygens (including phenoxy) is 3. The average Bonchev–Trinajstić information content (AvgIpc) is 2.46. The van der Waals surface area contributed by atoms with E-state index in [0.717, 1.165) is 12.8 Å². The molecule has 5 heteroatoms. The van der Waals surface area contributed by atoms with Crippen molar-refractivity contribution in [2.75, 3.05) is 40.1 Å². The number of likely N-dealkylation sites (N-methyl/N-ethyl adjacent to an activating group) is 1. The van der Waals surface area contributed by atoms with Gasteiger partial charge in [-0.2, -0.15) is 0 Å². The van der Waals surface area contributed by atoms with Crippen molar-refractivity contribution in [3.8, 4) is 0 Å². The highest BCUT2D eigenvalue weighted by Crippen LogP contribution is 1.97. The molecule has 0 fully saturated rings. The van der Waals surface area contributed by atoms with E-state index < -0.39 is 0 Å². The highest BCUT2D eigenvalue weighted by Gasteiger charge is 1.97. The Labute approximate surface area is 121 Å². The van der Waals surface area contributed by atoms with Crippen LogP contribution in [0.3, 0.4) is 0 Å². The van der Waals surface area contributed by atoms with Crippen LogP contribution >= 0.6 is 0 Å². The molecule has 20 heavy (non-hydrogen) atoms. The van der Waals surface area contributed by atoms with Crippen LogP contribution in [-0.4, -0.2) is 46.0 Å². The van der Waals surface area contributed by atoms with E-state index in [1.54, 1.807) is 25.3 Å². The van der Waals surface area contributed by atoms with Crippen LogP contribution in [0.4, 0.5) is 0 Å². The predicted octanol–water partition coefficient (Wildman–Crippen LogP) is 1.82. The van der Waals surface area contributed by atoms with Crippen molar-refractivity contribution in [2.45, 2.75) is 12.8 Å². The van der Waals surface area contributed by atoms with Gasteiger partial charge in [0.15, 0.2) is 0 Å². The Balaban J connectivity index is 3.21. The molecule has 1 N–H and O–H groups in total. The number of carbonyl (C=O) groups excluding carboxylic acids is 1. The Bertz CT molecular complexity index is 313. The maximum Gasteiger partial charge on any atom is 0.245 e. The molecule has 0 saturated heterocycles. The Morgan fingerprint density at radius 2 is 1.80 bits per heavy atom. The summed E-state index contributed by atoms with van der Waals surface area (Å²) in [6.07, 6.45) is 6.78. The molecule has 0 atom stereocenters. The number of allylic oxidation sites excluding steroid dienone is 3. The first-order chi connectivity index (χ1) is 9.70. The number of nitrogens with one attached hydrogen (secondary N) is 1. The van der Waals surface area contributed by atoms with Crippen LogP contribution in [0.2, 0.25) is 0 Å². The molecular formula is C15H25NO4. The van der Waals surface area contributed by atoms with Gasteiger partial charge in [-0.15, -0.1) is 0 Å². The van der Waals surface area contributed by atoms with Gasteiger partial charge in [-0.05, 0) is 12.5 Å². The van der Waals surface area contributed by atoms with Gasteiger partial charge in [0.05, 0.1) is 6.61 Å². The van der Waals surface area contributed by atoms with Crippen molar-refractivity contribution in [3.63, 3.8) is 0 Å². The molecule has 0 bridgehead atoms. The molecule has 0 radical (unpaired) electrons. The van der Waals surface area contributed by atoms with Crippen LogP contribution in [0.5, 0.6) is 0 Å². The van der Waals surface area contributed by atoms with Gasteiger partial charge in [0, 0.05) is 33.3 Å². The zero-order chi connectivity index (χ0) is 15.1. The maximum absolute atomic E-state index is 10.8. The van der Waals surface area contributed by atoms with Gasteiger partial charge in [-0.3, -0.25) is 4.79 Å². The van der Waals surface area contributed by atoms with Gasteiger partial charge >= 0.3 is 0 Å². The van der Waals surface area contributed by atoms with Crippen molar-refractivity contribution >= 4 is 5.91 Å². The van der Waals surface area contributed by atoms with Crippen molar-refractivity contribution in [1.29, 1.82) is 0 Å². The summed E-state index contributed by atoms with van der Waals surface area (Å²) in [6, 6.07) is 0. The highest BCUT2D eigenvalue weighted by atomic mass is 16.5. The minimum atomic E-state index is -0.117. The van der Waals surface area contributed by atoms with Crippen molar-refractivity contribution in [3.05, 3.63) is 37.1 Å². The summed E-state index contributed by atoms with van der Waals surface area (Å²) in [4.78, 5) is 10.8. The molecule has 1 amide bonds. The molecule has 0 aromatic carbocycles. The fraction of sp³-hybridized carbons (Fsp3) is 0.533. The minimum absolute atomic E-state index is 0.102. The summed E-state index contributed by atoms with van der Waals surface area (Å²) in [7, 11) is 1.58. The largest absolute Gasteiger partial charge is 0.494 e. The minimum Gasteiger partial charge on any atom is -0.494 e. The normalized spacial score (nSPS) is 10.4. The van der Waals surface area contributed by atoms with Gasteiger partial charge in [-0.1, -0.05) is 25.3 Å². The molecule has 114 valence electrons. The van der Waals surface area contributed by atoms with Crippen molar-refractivity contribution in [2.24, 2.45) is 0 Å². The SMILES string of the molecule is C=C/C=C\C(=C)OCCCOCCCOCC(=O)NC. The highest BCUT2D eigenvalue weighted by molar-refractivity contribution is 5.76. The topological polar surface area (TPSA) is 56.8 Å². The number of carbonyl (C=O) groups is 1. The van der Waals surface area contributed by atoms with Crippen LogP contribution in [0.15, 0.2) is 37.1 Å². The fourth-order valence-corrected chi connectivity index (χ4v) is 1.19. The van der Waals surface area contributed by atoms with Crippen LogP contribution in [0.1, 0.15) is 12.8 Å². The van der Waals surface area contributed by atoms with E-state index in [0.29, 0.717) is 32.2 Å². The zero-order valence-corrected chi connectivity index (χ0v) is 12.2. The lowest BCUT2D eigenvalue weighted by Gasteiger charge is -2.07. The molecule has 0 spiro atoms. The second-order valence-electron chi connectivity index (χ2n) is 3.95. The quantitative estimate of drug-likeness (QED) is 0.318. The molecule has 0 heterocycles. The van der Waals surface area contributed by atoms with Crippen molar-refractivity contribution < 1.29 is 19.0 Å². The number of amides is 1. The molecule has 0 aromatic rings. The fourth-order valence-electron chi connectivity index (χ4n) is 1.19. The van der Waals surface area contributed by atoms with Gasteiger partial charge in [-0.25, -0.2) is 0 Å². The van der Waals surface area contributed by atoms with E-state index >= 15 is 0 Å². The van der Waals surface area contributed by atoms with E-state index in [-0.39, 0.29) is 12.5 Å². The van der Waals surface area contributed by atoms with Gasteiger partial charge < -0.3 is 19.5 Å². The molecule has 5 nitrogen and oxygen atoms in total. The first-order valence-electron chi connectivity index (χ1n) is 6.67. The first kappa shape index (κ1) is 18.4. The van der Waals surface area contributed by atoms with E-state index in [1.165, 1.54) is 0 Å². The summed E-state index contributed by atoms with van der Waals surface area (Å²) in [6.45, 7) is 9.75.